The Labute approximate surface area is 148 Å². The fourth-order valence-electron chi connectivity index (χ4n) is 2.61. The van der Waals surface area contributed by atoms with Crippen LogP contribution in [0.5, 0.6) is 0 Å². The van der Waals surface area contributed by atoms with Gasteiger partial charge in [-0.3, -0.25) is 0 Å². The number of aromatic nitrogens is 3. The first-order valence-corrected chi connectivity index (χ1v) is 8.48. The molecule has 0 atom stereocenters. The minimum atomic E-state index is 0.487. The fraction of sp³-hybridized carbons (Fsp3) is 0. The van der Waals surface area contributed by atoms with Crippen LogP contribution in [0, 0.1) is 0 Å². The van der Waals surface area contributed by atoms with Crippen LogP contribution < -0.4 is 0 Å². The maximum absolute atomic E-state index is 6.08. The van der Waals surface area contributed by atoms with Gasteiger partial charge >= 0.3 is 0 Å². The van der Waals surface area contributed by atoms with Gasteiger partial charge in [0, 0.05) is 9.86 Å². The van der Waals surface area contributed by atoms with E-state index in [0.29, 0.717) is 5.15 Å². The Bertz CT molecular complexity index is 950. The van der Waals surface area contributed by atoms with Gasteiger partial charge in [-0.2, -0.15) is 0 Å². The van der Waals surface area contributed by atoms with Crippen LogP contribution in [-0.2, 0) is 0 Å². The average Bonchev–Trinajstić information content (AvgIpc) is 2.81. The highest BCUT2D eigenvalue weighted by molar-refractivity contribution is 9.10. The van der Waals surface area contributed by atoms with E-state index in [2.05, 4.69) is 58.5 Å². The molecule has 3 aromatic heterocycles. The molecule has 0 unspecified atom stereocenters. The highest BCUT2D eigenvalue weighted by atomic mass is 79.9. The van der Waals surface area contributed by atoms with E-state index in [4.69, 9.17) is 11.6 Å². The number of hydrogen-bond donors (Lipinski definition) is 0. The zero-order chi connectivity index (χ0) is 15.3. The Balaban J connectivity index is 2.17. The summed E-state index contributed by atoms with van der Waals surface area (Å²) in [6.45, 7) is 0. The summed E-state index contributed by atoms with van der Waals surface area (Å²) in [5, 5.41) is 1.54. The van der Waals surface area contributed by atoms with Gasteiger partial charge in [-0.15, -0.1) is 0 Å². The molecule has 0 radical (unpaired) electrons. The molecule has 0 aliphatic carbocycles. The second-order valence-electron chi connectivity index (χ2n) is 4.84. The molecule has 0 aliphatic rings. The predicted molar refractivity (Wildman–Crippen MR) is 96.8 cm³/mol. The molecule has 0 saturated carbocycles. The standard InChI is InChI=1S/C16H8Br2ClN3/c17-9-1-3-12-11(7-9)16-13(4-6-15(19)21-16)22(12)10-2-5-14(18)20-8-10/h1-8H. The number of benzene rings is 1. The summed E-state index contributed by atoms with van der Waals surface area (Å²) in [4.78, 5) is 8.83. The van der Waals surface area contributed by atoms with Crippen LogP contribution in [0.25, 0.3) is 27.6 Å². The van der Waals surface area contributed by atoms with Gasteiger partial charge in [0.2, 0.25) is 0 Å². The van der Waals surface area contributed by atoms with Crippen molar-refractivity contribution in [2.45, 2.75) is 0 Å². The zero-order valence-electron chi connectivity index (χ0n) is 11.1. The third-order valence-electron chi connectivity index (χ3n) is 3.51. The largest absolute Gasteiger partial charge is 0.306 e. The van der Waals surface area contributed by atoms with Crippen molar-refractivity contribution < 1.29 is 0 Å². The molecule has 4 rings (SSSR count). The van der Waals surface area contributed by atoms with Crippen LogP contribution >= 0.6 is 43.5 Å². The lowest BCUT2D eigenvalue weighted by Gasteiger charge is -2.07. The molecule has 0 amide bonds. The number of hydrogen-bond acceptors (Lipinski definition) is 2. The van der Waals surface area contributed by atoms with E-state index in [0.717, 1.165) is 36.7 Å². The second-order valence-corrected chi connectivity index (χ2v) is 6.95. The summed E-state index contributed by atoms with van der Waals surface area (Å²) in [6.07, 6.45) is 1.83. The molecule has 0 spiro atoms. The van der Waals surface area contributed by atoms with Crippen LogP contribution in [0.2, 0.25) is 5.15 Å². The van der Waals surface area contributed by atoms with E-state index >= 15 is 0 Å². The SMILES string of the molecule is Clc1ccc2c(n1)c1cc(Br)ccc1n2-c1ccc(Br)nc1. The molecule has 0 bridgehead atoms. The quantitative estimate of drug-likeness (QED) is 0.355. The Hall–Kier alpha value is -1.43. The van der Waals surface area contributed by atoms with Gasteiger partial charge < -0.3 is 4.57 Å². The molecule has 22 heavy (non-hydrogen) atoms. The normalized spacial score (nSPS) is 11.4. The van der Waals surface area contributed by atoms with E-state index in [-0.39, 0.29) is 0 Å². The van der Waals surface area contributed by atoms with Gasteiger partial charge in [0.1, 0.15) is 9.76 Å². The van der Waals surface area contributed by atoms with E-state index in [1.165, 1.54) is 0 Å². The Morgan fingerprint density at radius 3 is 2.55 bits per heavy atom. The van der Waals surface area contributed by atoms with Gasteiger partial charge in [-0.25, -0.2) is 9.97 Å². The molecule has 3 heterocycles. The monoisotopic (exact) mass is 435 g/mol. The molecule has 3 nitrogen and oxygen atoms in total. The lowest BCUT2D eigenvalue weighted by Crippen LogP contribution is -1.94. The molecular formula is C16H8Br2ClN3. The lowest BCUT2D eigenvalue weighted by molar-refractivity contribution is 1.13. The van der Waals surface area contributed by atoms with Crippen molar-refractivity contribution in [3.63, 3.8) is 0 Å². The Kier molecular flexibility index (Phi) is 3.44. The zero-order valence-corrected chi connectivity index (χ0v) is 15.0. The number of fused-ring (bicyclic) bond motifs is 3. The molecule has 0 aliphatic heterocycles. The van der Waals surface area contributed by atoms with Crippen molar-refractivity contribution in [3.05, 3.63) is 62.9 Å². The third-order valence-corrected chi connectivity index (χ3v) is 4.68. The maximum atomic E-state index is 6.08. The summed E-state index contributed by atoms with van der Waals surface area (Å²) in [5.74, 6) is 0. The van der Waals surface area contributed by atoms with E-state index in [1.807, 2.05) is 30.5 Å². The number of halogens is 3. The second kappa shape index (κ2) is 5.33. The third kappa shape index (κ3) is 2.24. The van der Waals surface area contributed by atoms with Crippen LogP contribution in [-0.4, -0.2) is 14.5 Å². The summed E-state index contributed by atoms with van der Waals surface area (Å²) >= 11 is 13.0. The van der Waals surface area contributed by atoms with E-state index in [9.17, 15) is 0 Å². The van der Waals surface area contributed by atoms with Gasteiger partial charge in [-0.05, 0) is 58.4 Å². The molecular weight excluding hydrogens is 429 g/mol. The number of pyridine rings is 2. The molecule has 0 fully saturated rings. The summed E-state index contributed by atoms with van der Waals surface area (Å²) in [5.41, 5.74) is 3.93. The van der Waals surface area contributed by atoms with Gasteiger partial charge in [0.25, 0.3) is 0 Å². The number of nitrogens with zero attached hydrogens (tertiary/aromatic N) is 3. The summed E-state index contributed by atoms with van der Waals surface area (Å²) in [7, 11) is 0. The van der Waals surface area contributed by atoms with Crippen LogP contribution in [0.15, 0.2) is 57.7 Å². The minimum Gasteiger partial charge on any atom is -0.306 e. The van der Waals surface area contributed by atoms with Crippen molar-refractivity contribution in [2.75, 3.05) is 0 Å². The molecule has 6 heteroatoms. The molecule has 0 N–H and O–H groups in total. The maximum Gasteiger partial charge on any atom is 0.129 e. The first-order chi connectivity index (χ1) is 10.6. The molecule has 0 saturated heterocycles. The van der Waals surface area contributed by atoms with E-state index in [1.54, 1.807) is 6.07 Å². The van der Waals surface area contributed by atoms with Crippen molar-refractivity contribution in [1.82, 2.24) is 14.5 Å². The Morgan fingerprint density at radius 2 is 1.77 bits per heavy atom. The van der Waals surface area contributed by atoms with Crippen molar-refractivity contribution in [2.24, 2.45) is 0 Å². The van der Waals surface area contributed by atoms with Crippen LogP contribution in [0.4, 0.5) is 0 Å². The van der Waals surface area contributed by atoms with Gasteiger partial charge in [-0.1, -0.05) is 27.5 Å². The molecule has 108 valence electrons. The van der Waals surface area contributed by atoms with Gasteiger partial charge in [0.05, 0.1) is 28.4 Å². The van der Waals surface area contributed by atoms with Gasteiger partial charge in [0.15, 0.2) is 0 Å². The smallest absolute Gasteiger partial charge is 0.129 e. The average molecular weight is 438 g/mol. The first kappa shape index (κ1) is 14.2. The van der Waals surface area contributed by atoms with Crippen molar-refractivity contribution in [3.8, 4) is 5.69 Å². The van der Waals surface area contributed by atoms with Crippen LogP contribution in [0.1, 0.15) is 0 Å². The van der Waals surface area contributed by atoms with Crippen molar-refractivity contribution in [1.29, 1.82) is 0 Å². The summed E-state index contributed by atoms with van der Waals surface area (Å²) in [6, 6.07) is 13.9. The lowest BCUT2D eigenvalue weighted by atomic mass is 10.2. The Morgan fingerprint density at radius 1 is 0.955 bits per heavy atom. The van der Waals surface area contributed by atoms with Crippen LogP contribution in [0.3, 0.4) is 0 Å². The highest BCUT2D eigenvalue weighted by Gasteiger charge is 2.14. The minimum absolute atomic E-state index is 0.487. The van der Waals surface area contributed by atoms with Crippen molar-refractivity contribution >= 4 is 65.4 Å². The summed E-state index contributed by atoms with van der Waals surface area (Å²) < 4.78 is 3.95. The molecule has 1 aromatic carbocycles. The fourth-order valence-corrected chi connectivity index (χ4v) is 3.35. The van der Waals surface area contributed by atoms with E-state index < -0.39 is 0 Å². The predicted octanol–water partition coefficient (Wildman–Crippen LogP) is 5.75. The topological polar surface area (TPSA) is 30.7 Å². The number of rotatable bonds is 1. The first-order valence-electron chi connectivity index (χ1n) is 6.51. The molecule has 4 aromatic rings. The highest BCUT2D eigenvalue weighted by Crippen LogP contribution is 2.33.